The Morgan fingerprint density at radius 1 is 1.04 bits per heavy atom. The summed E-state index contributed by atoms with van der Waals surface area (Å²) in [5.41, 5.74) is -0.797. The topological polar surface area (TPSA) is 61.8 Å². The van der Waals surface area contributed by atoms with Gasteiger partial charge in [0, 0.05) is 5.92 Å². The van der Waals surface area contributed by atoms with Crippen molar-refractivity contribution < 1.29 is 23.8 Å². The van der Waals surface area contributed by atoms with E-state index in [1.54, 1.807) is 60.7 Å². The lowest BCUT2D eigenvalue weighted by Crippen LogP contribution is -2.48. The standard InChI is InChI=1S/C23H22O5/c1-4-19-16(3)23(5-2,28-21(25)18-14-10-7-11-15-18)22(26-19)27-20(24)17-12-8-6-9-13-17/h2,6-16,19,22H,4H2,1,3H3/t16-,19-,22?,23-/m1/s1. The van der Waals surface area contributed by atoms with Crippen molar-refractivity contribution in [1.29, 1.82) is 0 Å². The van der Waals surface area contributed by atoms with Crippen molar-refractivity contribution in [3.05, 3.63) is 71.8 Å². The third-order valence-corrected chi connectivity index (χ3v) is 5.01. The Kier molecular flexibility index (Phi) is 5.81. The molecule has 1 aliphatic heterocycles. The zero-order chi connectivity index (χ0) is 20.1. The van der Waals surface area contributed by atoms with E-state index in [0.717, 1.165) is 0 Å². The van der Waals surface area contributed by atoms with Crippen LogP contribution < -0.4 is 0 Å². The average molecular weight is 378 g/mol. The lowest BCUT2D eigenvalue weighted by atomic mass is 9.86. The third kappa shape index (κ3) is 3.64. The number of hydrogen-bond acceptors (Lipinski definition) is 5. The zero-order valence-electron chi connectivity index (χ0n) is 15.8. The van der Waals surface area contributed by atoms with Crippen LogP contribution >= 0.6 is 0 Å². The first-order chi connectivity index (χ1) is 13.5. The third-order valence-electron chi connectivity index (χ3n) is 5.01. The van der Waals surface area contributed by atoms with Crippen LogP contribution in [0.2, 0.25) is 0 Å². The number of carbonyl (C=O) groups excluding carboxylic acids is 2. The van der Waals surface area contributed by atoms with Gasteiger partial charge in [0.2, 0.25) is 5.60 Å². The first-order valence-corrected chi connectivity index (χ1v) is 9.19. The van der Waals surface area contributed by atoms with Gasteiger partial charge in [0.1, 0.15) is 0 Å². The van der Waals surface area contributed by atoms with Crippen molar-refractivity contribution in [3.63, 3.8) is 0 Å². The van der Waals surface area contributed by atoms with Gasteiger partial charge in [-0.2, -0.15) is 0 Å². The quantitative estimate of drug-likeness (QED) is 0.584. The molecule has 0 aliphatic carbocycles. The summed E-state index contributed by atoms with van der Waals surface area (Å²) >= 11 is 0. The normalized spacial score (nSPS) is 26.2. The molecule has 5 nitrogen and oxygen atoms in total. The fourth-order valence-corrected chi connectivity index (χ4v) is 3.33. The minimum absolute atomic E-state index is 0.312. The van der Waals surface area contributed by atoms with Crippen molar-refractivity contribution >= 4 is 11.9 Å². The molecule has 2 aromatic carbocycles. The van der Waals surface area contributed by atoms with Crippen LogP contribution in [0, 0.1) is 18.3 Å². The van der Waals surface area contributed by atoms with E-state index in [0.29, 0.717) is 17.5 Å². The summed E-state index contributed by atoms with van der Waals surface area (Å²) in [7, 11) is 0. The first kappa shape index (κ1) is 19.7. The maximum Gasteiger partial charge on any atom is 0.340 e. The van der Waals surface area contributed by atoms with Gasteiger partial charge in [-0.25, -0.2) is 9.59 Å². The van der Waals surface area contributed by atoms with Gasteiger partial charge in [0.05, 0.1) is 17.2 Å². The molecular formula is C23H22O5. The lowest BCUT2D eigenvalue weighted by molar-refractivity contribution is -0.156. The van der Waals surface area contributed by atoms with E-state index < -0.39 is 23.8 Å². The van der Waals surface area contributed by atoms with Gasteiger partial charge in [-0.1, -0.05) is 56.2 Å². The molecule has 0 saturated carbocycles. The largest absolute Gasteiger partial charge is 0.435 e. The Balaban J connectivity index is 1.89. The number of hydrogen-bond donors (Lipinski definition) is 0. The van der Waals surface area contributed by atoms with Crippen LogP contribution in [0.5, 0.6) is 0 Å². The van der Waals surface area contributed by atoms with Crippen LogP contribution in [0.3, 0.4) is 0 Å². The molecule has 1 fully saturated rings. The highest BCUT2D eigenvalue weighted by Gasteiger charge is 2.58. The number of ether oxygens (including phenoxy) is 3. The van der Waals surface area contributed by atoms with Gasteiger partial charge in [0.15, 0.2) is 0 Å². The summed E-state index contributed by atoms with van der Waals surface area (Å²) in [4.78, 5) is 25.2. The van der Waals surface area contributed by atoms with Crippen LogP contribution in [0.1, 0.15) is 41.0 Å². The van der Waals surface area contributed by atoms with Gasteiger partial charge < -0.3 is 14.2 Å². The number of terminal acetylenes is 1. The molecule has 0 spiro atoms. The number of esters is 2. The second-order valence-corrected chi connectivity index (χ2v) is 6.67. The molecule has 1 saturated heterocycles. The van der Waals surface area contributed by atoms with Crippen molar-refractivity contribution in [2.24, 2.45) is 5.92 Å². The van der Waals surface area contributed by atoms with E-state index in [9.17, 15) is 9.59 Å². The van der Waals surface area contributed by atoms with Crippen LogP contribution in [-0.4, -0.2) is 29.9 Å². The van der Waals surface area contributed by atoms with Crippen molar-refractivity contribution in [2.45, 2.75) is 38.3 Å². The Morgan fingerprint density at radius 2 is 1.57 bits per heavy atom. The molecule has 3 rings (SSSR count). The van der Waals surface area contributed by atoms with Gasteiger partial charge in [-0.05, 0) is 30.7 Å². The van der Waals surface area contributed by atoms with Crippen LogP contribution in [0.4, 0.5) is 0 Å². The maximum atomic E-state index is 12.7. The van der Waals surface area contributed by atoms with E-state index in [1.807, 2.05) is 13.8 Å². The molecule has 5 heteroatoms. The van der Waals surface area contributed by atoms with Crippen molar-refractivity contribution in [3.8, 4) is 12.3 Å². The summed E-state index contributed by atoms with van der Waals surface area (Å²) in [6.45, 7) is 3.77. The average Bonchev–Trinajstić information content (AvgIpc) is 3.00. The minimum atomic E-state index is -1.52. The smallest absolute Gasteiger partial charge is 0.340 e. The summed E-state index contributed by atoms with van der Waals surface area (Å²) in [5.74, 6) is 1.01. The van der Waals surface area contributed by atoms with E-state index in [4.69, 9.17) is 20.6 Å². The summed E-state index contributed by atoms with van der Waals surface area (Å²) in [6, 6.07) is 17.0. The van der Waals surface area contributed by atoms with E-state index in [-0.39, 0.29) is 12.0 Å². The highest BCUT2D eigenvalue weighted by atomic mass is 16.7. The molecule has 1 unspecified atom stereocenters. The number of rotatable bonds is 5. The molecule has 1 heterocycles. The Bertz CT molecular complexity index is 871. The Labute approximate surface area is 164 Å². The summed E-state index contributed by atoms with van der Waals surface area (Å²) < 4.78 is 17.2. The molecule has 144 valence electrons. The Hall–Kier alpha value is -3.10. The van der Waals surface area contributed by atoms with Crippen LogP contribution in [-0.2, 0) is 14.2 Å². The highest BCUT2D eigenvalue weighted by Crippen LogP contribution is 2.41. The molecule has 28 heavy (non-hydrogen) atoms. The lowest BCUT2D eigenvalue weighted by Gasteiger charge is -2.31. The molecule has 0 N–H and O–H groups in total. The van der Waals surface area contributed by atoms with Gasteiger partial charge in [0.25, 0.3) is 6.29 Å². The molecule has 0 radical (unpaired) electrons. The number of carbonyl (C=O) groups is 2. The fourth-order valence-electron chi connectivity index (χ4n) is 3.33. The summed E-state index contributed by atoms with van der Waals surface area (Å²) in [6.07, 6.45) is 4.93. The van der Waals surface area contributed by atoms with E-state index in [2.05, 4.69) is 5.92 Å². The predicted molar refractivity (Wildman–Crippen MR) is 103 cm³/mol. The molecule has 0 bridgehead atoms. The first-order valence-electron chi connectivity index (χ1n) is 9.19. The minimum Gasteiger partial charge on any atom is -0.435 e. The monoisotopic (exact) mass is 378 g/mol. The maximum absolute atomic E-state index is 12.7. The van der Waals surface area contributed by atoms with Gasteiger partial charge in [-0.15, -0.1) is 6.42 Å². The highest BCUT2D eigenvalue weighted by molar-refractivity contribution is 5.90. The second kappa shape index (κ2) is 8.28. The van der Waals surface area contributed by atoms with Crippen molar-refractivity contribution in [1.82, 2.24) is 0 Å². The van der Waals surface area contributed by atoms with Gasteiger partial charge in [-0.3, -0.25) is 0 Å². The molecule has 1 aliphatic rings. The Morgan fingerprint density at radius 3 is 2.07 bits per heavy atom. The van der Waals surface area contributed by atoms with E-state index >= 15 is 0 Å². The van der Waals surface area contributed by atoms with Crippen LogP contribution in [0.25, 0.3) is 0 Å². The second-order valence-electron chi connectivity index (χ2n) is 6.67. The molecule has 0 aromatic heterocycles. The zero-order valence-corrected chi connectivity index (χ0v) is 15.8. The molecular weight excluding hydrogens is 356 g/mol. The fraction of sp³-hybridized carbons (Fsp3) is 0.304. The van der Waals surface area contributed by atoms with Crippen LogP contribution in [0.15, 0.2) is 60.7 Å². The SMILES string of the molecule is C#C[C@]1(OC(=O)c2ccccc2)C(OC(=O)c2ccccc2)O[C@H](CC)[C@H]1C. The number of benzene rings is 2. The van der Waals surface area contributed by atoms with Gasteiger partial charge >= 0.3 is 11.9 Å². The predicted octanol–water partition coefficient (Wildman–Crippen LogP) is 3.84. The molecule has 0 amide bonds. The molecule has 4 atom stereocenters. The molecule has 2 aromatic rings. The summed E-state index contributed by atoms with van der Waals surface area (Å²) in [5, 5.41) is 0. The van der Waals surface area contributed by atoms with E-state index in [1.165, 1.54) is 0 Å². The van der Waals surface area contributed by atoms with Crippen molar-refractivity contribution in [2.75, 3.05) is 0 Å².